The lowest BCUT2D eigenvalue weighted by molar-refractivity contribution is -0.150. The van der Waals surface area contributed by atoms with Crippen molar-refractivity contribution in [1.82, 2.24) is 9.80 Å². The van der Waals surface area contributed by atoms with Gasteiger partial charge in [-0.2, -0.15) is 0 Å². The van der Waals surface area contributed by atoms with Crippen LogP contribution in [0.2, 0.25) is 0 Å². The monoisotopic (exact) mass is 334 g/mol. The molecule has 0 radical (unpaired) electrons. The van der Waals surface area contributed by atoms with Crippen LogP contribution in [-0.4, -0.2) is 60.6 Å². The van der Waals surface area contributed by atoms with Gasteiger partial charge in [0.1, 0.15) is 11.3 Å². The van der Waals surface area contributed by atoms with Crippen LogP contribution in [0.25, 0.3) is 0 Å². The van der Waals surface area contributed by atoms with Crippen molar-refractivity contribution >= 4 is 11.9 Å². The second-order valence-corrected chi connectivity index (χ2v) is 6.56. The van der Waals surface area contributed by atoms with Crippen molar-refractivity contribution in [3.63, 3.8) is 0 Å². The number of hydrogen-bond acceptors (Lipinski definition) is 4. The maximum atomic E-state index is 12.7. The number of methoxy groups -OCH3 is 1. The summed E-state index contributed by atoms with van der Waals surface area (Å²) in [4.78, 5) is 28.1. The minimum absolute atomic E-state index is 0.0424. The molecule has 0 spiro atoms. The molecule has 1 aromatic carbocycles. The normalized spacial score (nSPS) is 27.0. The Morgan fingerprint density at radius 3 is 2.33 bits per heavy atom. The average molecular weight is 334 g/mol. The van der Waals surface area contributed by atoms with E-state index in [4.69, 9.17) is 4.74 Å². The zero-order chi connectivity index (χ0) is 18.1. The molecule has 0 aliphatic carbocycles. The Morgan fingerprint density at radius 1 is 1.33 bits per heavy atom. The molecule has 6 nitrogen and oxygen atoms in total. The number of benzene rings is 1. The number of ether oxygens (including phenoxy) is 1. The summed E-state index contributed by atoms with van der Waals surface area (Å²) in [6.45, 7) is 1.86. The Morgan fingerprint density at radius 2 is 1.92 bits per heavy atom. The Bertz CT molecular complexity index is 614. The van der Waals surface area contributed by atoms with E-state index in [9.17, 15) is 14.7 Å². The Balaban J connectivity index is 2.50. The van der Waals surface area contributed by atoms with Gasteiger partial charge in [-0.1, -0.05) is 19.1 Å². The summed E-state index contributed by atoms with van der Waals surface area (Å²) in [6.07, 6.45) is 0.756. The highest BCUT2D eigenvalue weighted by molar-refractivity contribution is 5.85. The lowest BCUT2D eigenvalue weighted by Crippen LogP contribution is -2.48. The van der Waals surface area contributed by atoms with Gasteiger partial charge in [0.25, 0.3) is 0 Å². The summed E-state index contributed by atoms with van der Waals surface area (Å²) in [7, 11) is 6.82. The molecule has 132 valence electrons. The highest BCUT2D eigenvalue weighted by Crippen LogP contribution is 2.48. The van der Waals surface area contributed by atoms with Crippen molar-refractivity contribution in [2.24, 2.45) is 5.92 Å². The molecule has 2 rings (SSSR count). The minimum Gasteiger partial charge on any atom is -0.497 e. The summed E-state index contributed by atoms with van der Waals surface area (Å²) >= 11 is 0. The number of likely N-dealkylation sites (N-methyl/N-ethyl adjacent to an activating group) is 1. The van der Waals surface area contributed by atoms with Crippen molar-refractivity contribution in [1.29, 1.82) is 0 Å². The first kappa shape index (κ1) is 18.3. The average Bonchev–Trinajstić information content (AvgIpc) is 2.87. The smallest absolute Gasteiger partial charge is 0.324 e. The van der Waals surface area contributed by atoms with Gasteiger partial charge in [0.05, 0.1) is 13.0 Å². The molecule has 1 amide bonds. The maximum absolute atomic E-state index is 12.7. The number of carboxylic acid groups (broad SMARTS) is 1. The second-order valence-electron chi connectivity index (χ2n) is 6.56. The molecule has 1 N–H and O–H groups in total. The van der Waals surface area contributed by atoms with E-state index >= 15 is 0 Å². The standard InChI is InChI=1S/C18H26N2O4/c1-6-18(17(22)23)11-14(16(21)19(2)3)15(20(18)4)12-7-9-13(24-5)10-8-12/h7-10,14-15H,6,11H2,1-5H3,(H,22,23)/t14-,15-,18-/m0/s1. The van der Waals surface area contributed by atoms with E-state index in [-0.39, 0.29) is 11.9 Å². The van der Waals surface area contributed by atoms with Crippen LogP contribution in [0.3, 0.4) is 0 Å². The largest absolute Gasteiger partial charge is 0.497 e. The second kappa shape index (κ2) is 6.81. The number of nitrogens with zero attached hydrogens (tertiary/aromatic N) is 2. The van der Waals surface area contributed by atoms with Crippen LogP contribution in [0.15, 0.2) is 24.3 Å². The van der Waals surface area contributed by atoms with E-state index in [1.54, 1.807) is 33.2 Å². The van der Waals surface area contributed by atoms with Crippen molar-refractivity contribution in [3.05, 3.63) is 29.8 Å². The topological polar surface area (TPSA) is 70.1 Å². The molecular weight excluding hydrogens is 308 g/mol. The maximum Gasteiger partial charge on any atom is 0.324 e. The molecule has 1 saturated heterocycles. The Hall–Kier alpha value is -2.08. The summed E-state index contributed by atoms with van der Waals surface area (Å²) in [5, 5.41) is 9.83. The number of carbonyl (C=O) groups is 2. The lowest BCUT2D eigenvalue weighted by Gasteiger charge is -2.34. The third-order valence-corrected chi connectivity index (χ3v) is 5.23. The highest BCUT2D eigenvalue weighted by Gasteiger charge is 2.56. The number of aliphatic carboxylic acids is 1. The summed E-state index contributed by atoms with van der Waals surface area (Å²) in [5.74, 6) is -0.580. The molecule has 24 heavy (non-hydrogen) atoms. The van der Waals surface area contributed by atoms with Gasteiger partial charge >= 0.3 is 5.97 Å². The van der Waals surface area contributed by atoms with Gasteiger partial charge in [-0.05, 0) is 37.6 Å². The van der Waals surface area contributed by atoms with Crippen molar-refractivity contribution in [3.8, 4) is 5.75 Å². The minimum atomic E-state index is -1.03. The van der Waals surface area contributed by atoms with Gasteiger partial charge in [-0.15, -0.1) is 0 Å². The van der Waals surface area contributed by atoms with Crippen molar-refractivity contribution < 1.29 is 19.4 Å². The molecule has 1 aromatic rings. The van der Waals surface area contributed by atoms with Crippen LogP contribution in [0.5, 0.6) is 5.75 Å². The number of carboxylic acids is 1. The van der Waals surface area contributed by atoms with Crippen LogP contribution in [-0.2, 0) is 9.59 Å². The lowest BCUT2D eigenvalue weighted by atomic mass is 9.87. The van der Waals surface area contributed by atoms with Gasteiger partial charge in [0.2, 0.25) is 5.91 Å². The fourth-order valence-corrected chi connectivity index (χ4v) is 3.75. The van der Waals surface area contributed by atoms with Gasteiger partial charge < -0.3 is 14.7 Å². The van der Waals surface area contributed by atoms with Crippen LogP contribution in [0.4, 0.5) is 0 Å². The van der Waals surface area contributed by atoms with E-state index in [1.807, 2.05) is 36.1 Å². The fraction of sp³-hybridized carbons (Fsp3) is 0.556. The van der Waals surface area contributed by atoms with E-state index in [1.165, 1.54) is 0 Å². The summed E-state index contributed by atoms with van der Waals surface area (Å²) in [5.41, 5.74) is -0.101. The number of hydrogen-bond donors (Lipinski definition) is 1. The first-order valence-corrected chi connectivity index (χ1v) is 8.10. The molecule has 1 heterocycles. The predicted octanol–water partition coefficient (Wildman–Crippen LogP) is 2.01. The Labute approximate surface area is 143 Å². The first-order valence-electron chi connectivity index (χ1n) is 8.10. The molecule has 0 bridgehead atoms. The Kier molecular flexibility index (Phi) is 5.18. The van der Waals surface area contributed by atoms with Gasteiger partial charge in [-0.3, -0.25) is 14.5 Å². The number of carbonyl (C=O) groups excluding carboxylic acids is 1. The molecule has 3 atom stereocenters. The molecule has 1 aliphatic rings. The molecule has 0 saturated carbocycles. The number of amides is 1. The molecule has 1 fully saturated rings. The van der Waals surface area contributed by atoms with E-state index in [0.717, 1.165) is 11.3 Å². The van der Waals surface area contributed by atoms with Crippen LogP contribution < -0.4 is 4.74 Å². The molecule has 0 unspecified atom stereocenters. The SMILES string of the molecule is CC[C@@]1(C(=O)O)C[C@H](C(=O)N(C)C)[C@H](c2ccc(OC)cc2)N1C. The van der Waals surface area contributed by atoms with Gasteiger partial charge in [0, 0.05) is 20.1 Å². The van der Waals surface area contributed by atoms with Gasteiger partial charge in [0.15, 0.2) is 0 Å². The van der Waals surface area contributed by atoms with E-state index in [0.29, 0.717) is 12.8 Å². The highest BCUT2D eigenvalue weighted by atomic mass is 16.5. The zero-order valence-electron chi connectivity index (χ0n) is 14.9. The van der Waals surface area contributed by atoms with E-state index < -0.39 is 17.4 Å². The van der Waals surface area contributed by atoms with Crippen molar-refractivity contribution in [2.75, 3.05) is 28.3 Å². The molecule has 1 aliphatic heterocycles. The van der Waals surface area contributed by atoms with Crippen LogP contribution in [0.1, 0.15) is 31.4 Å². The number of likely N-dealkylation sites (tertiary alicyclic amines) is 1. The predicted molar refractivity (Wildman–Crippen MR) is 91.0 cm³/mol. The van der Waals surface area contributed by atoms with Crippen LogP contribution in [0, 0.1) is 5.92 Å². The summed E-state index contributed by atoms with van der Waals surface area (Å²) < 4.78 is 5.19. The fourth-order valence-electron chi connectivity index (χ4n) is 3.75. The molecular formula is C18H26N2O4. The van der Waals surface area contributed by atoms with Crippen molar-refractivity contribution in [2.45, 2.75) is 31.3 Å². The third kappa shape index (κ3) is 2.86. The van der Waals surface area contributed by atoms with Crippen LogP contribution >= 0.6 is 0 Å². The van der Waals surface area contributed by atoms with Gasteiger partial charge in [-0.25, -0.2) is 0 Å². The quantitative estimate of drug-likeness (QED) is 0.892. The number of rotatable bonds is 5. The van der Waals surface area contributed by atoms with E-state index in [2.05, 4.69) is 0 Å². The zero-order valence-corrected chi connectivity index (χ0v) is 14.9. The molecule has 6 heteroatoms. The summed E-state index contributed by atoms with van der Waals surface area (Å²) in [6, 6.07) is 7.22. The third-order valence-electron chi connectivity index (χ3n) is 5.23. The molecule has 0 aromatic heterocycles. The first-order chi connectivity index (χ1) is 11.3.